The van der Waals surface area contributed by atoms with E-state index in [0.29, 0.717) is 5.69 Å². The fourth-order valence-corrected chi connectivity index (χ4v) is 3.95. The number of aryl methyl sites for hydroxylation is 3. The van der Waals surface area contributed by atoms with Gasteiger partial charge in [0.15, 0.2) is 17.3 Å². The van der Waals surface area contributed by atoms with Crippen LogP contribution in [0.4, 0.5) is 5.69 Å². The molecule has 29 heavy (non-hydrogen) atoms. The van der Waals surface area contributed by atoms with E-state index in [0.717, 1.165) is 50.7 Å². The Morgan fingerprint density at radius 2 is 1.41 bits per heavy atom. The molecule has 4 heteroatoms. The summed E-state index contributed by atoms with van der Waals surface area (Å²) >= 11 is 0. The van der Waals surface area contributed by atoms with Crippen molar-refractivity contribution in [2.75, 3.05) is 0 Å². The SMILES string of the molecule is [C-]#[N+]c1c(C)cc(C)c(-n2c(-c3ccccc3)nnc2-c2ccccc2C)c1C. The normalized spacial score (nSPS) is 10.7. The Balaban J connectivity index is 2.12. The van der Waals surface area contributed by atoms with E-state index in [4.69, 9.17) is 6.57 Å². The molecule has 0 atom stereocenters. The third-order valence-electron chi connectivity index (χ3n) is 5.31. The number of hydrogen-bond acceptors (Lipinski definition) is 2. The Morgan fingerprint density at radius 3 is 2.10 bits per heavy atom. The van der Waals surface area contributed by atoms with Crippen LogP contribution >= 0.6 is 0 Å². The van der Waals surface area contributed by atoms with Crippen molar-refractivity contribution in [2.24, 2.45) is 0 Å². The molecule has 0 aliphatic heterocycles. The summed E-state index contributed by atoms with van der Waals surface area (Å²) in [4.78, 5) is 3.80. The van der Waals surface area contributed by atoms with Crippen molar-refractivity contribution >= 4 is 5.69 Å². The lowest BCUT2D eigenvalue weighted by molar-refractivity contribution is 1.03. The highest BCUT2D eigenvalue weighted by Crippen LogP contribution is 2.37. The molecular formula is C25H22N4. The topological polar surface area (TPSA) is 35.1 Å². The van der Waals surface area contributed by atoms with E-state index in [9.17, 15) is 0 Å². The van der Waals surface area contributed by atoms with Gasteiger partial charge in [0.2, 0.25) is 0 Å². The molecule has 0 saturated carbocycles. The summed E-state index contributed by atoms with van der Waals surface area (Å²) in [5.74, 6) is 1.56. The van der Waals surface area contributed by atoms with Crippen molar-refractivity contribution in [2.45, 2.75) is 27.7 Å². The van der Waals surface area contributed by atoms with Crippen molar-refractivity contribution in [1.82, 2.24) is 14.8 Å². The van der Waals surface area contributed by atoms with Crippen molar-refractivity contribution in [3.05, 3.63) is 94.3 Å². The third-order valence-corrected chi connectivity index (χ3v) is 5.31. The van der Waals surface area contributed by atoms with Crippen LogP contribution in [0.3, 0.4) is 0 Å². The molecule has 0 amide bonds. The molecule has 0 N–H and O–H groups in total. The molecule has 0 aliphatic rings. The van der Waals surface area contributed by atoms with Crippen molar-refractivity contribution in [1.29, 1.82) is 0 Å². The van der Waals surface area contributed by atoms with Gasteiger partial charge in [0.05, 0.1) is 6.57 Å². The lowest BCUT2D eigenvalue weighted by atomic mass is 10.0. The first-order chi connectivity index (χ1) is 14.0. The monoisotopic (exact) mass is 378 g/mol. The predicted octanol–water partition coefficient (Wildman–Crippen LogP) is 6.39. The number of benzene rings is 3. The van der Waals surface area contributed by atoms with Crippen LogP contribution in [0.5, 0.6) is 0 Å². The minimum absolute atomic E-state index is 0.689. The highest BCUT2D eigenvalue weighted by atomic mass is 15.3. The number of hydrogen-bond donors (Lipinski definition) is 0. The summed E-state index contributed by atoms with van der Waals surface area (Å²) in [5, 5.41) is 9.17. The molecule has 0 bridgehead atoms. The van der Waals surface area contributed by atoms with Crippen LogP contribution < -0.4 is 0 Å². The van der Waals surface area contributed by atoms with Gasteiger partial charge in [0.25, 0.3) is 0 Å². The second kappa shape index (κ2) is 7.37. The average Bonchev–Trinajstić information content (AvgIpc) is 3.13. The first kappa shape index (κ1) is 18.6. The van der Waals surface area contributed by atoms with E-state index < -0.39 is 0 Å². The lowest BCUT2D eigenvalue weighted by Crippen LogP contribution is -2.06. The average molecular weight is 378 g/mol. The van der Waals surface area contributed by atoms with E-state index in [1.165, 1.54) is 0 Å². The maximum Gasteiger partial charge on any atom is 0.195 e. The Bertz CT molecular complexity index is 1240. The van der Waals surface area contributed by atoms with Gasteiger partial charge < -0.3 is 0 Å². The second-order valence-electron chi connectivity index (χ2n) is 7.31. The van der Waals surface area contributed by atoms with E-state index in [1.54, 1.807) is 0 Å². The smallest absolute Gasteiger partial charge is 0.195 e. The fourth-order valence-electron chi connectivity index (χ4n) is 3.95. The van der Waals surface area contributed by atoms with Gasteiger partial charge >= 0.3 is 0 Å². The van der Waals surface area contributed by atoms with Gasteiger partial charge in [0, 0.05) is 16.8 Å². The minimum atomic E-state index is 0.689. The maximum absolute atomic E-state index is 7.67. The van der Waals surface area contributed by atoms with Gasteiger partial charge in [-0.25, -0.2) is 4.85 Å². The predicted molar refractivity (Wildman–Crippen MR) is 117 cm³/mol. The van der Waals surface area contributed by atoms with Crippen LogP contribution in [-0.2, 0) is 0 Å². The van der Waals surface area contributed by atoms with Crippen LogP contribution in [0.1, 0.15) is 22.3 Å². The minimum Gasteiger partial charge on any atom is -0.276 e. The molecule has 4 nitrogen and oxygen atoms in total. The molecule has 0 radical (unpaired) electrons. The Morgan fingerprint density at radius 1 is 0.759 bits per heavy atom. The molecule has 0 spiro atoms. The highest BCUT2D eigenvalue weighted by molar-refractivity contribution is 5.74. The molecule has 3 aromatic carbocycles. The zero-order valence-corrected chi connectivity index (χ0v) is 17.1. The van der Waals surface area contributed by atoms with E-state index in [-0.39, 0.29) is 0 Å². The summed E-state index contributed by atoms with van der Waals surface area (Å²) in [5.41, 5.74) is 7.86. The van der Waals surface area contributed by atoms with E-state index in [2.05, 4.69) is 51.7 Å². The van der Waals surface area contributed by atoms with Crippen molar-refractivity contribution < 1.29 is 0 Å². The van der Waals surface area contributed by atoms with Crippen LogP contribution in [0.15, 0.2) is 60.7 Å². The molecule has 0 aliphatic carbocycles. The van der Waals surface area contributed by atoms with Crippen LogP contribution in [0.25, 0.3) is 33.3 Å². The summed E-state index contributed by atoms with van der Waals surface area (Å²) in [6, 6.07) is 20.3. The molecular weight excluding hydrogens is 356 g/mol. The lowest BCUT2D eigenvalue weighted by Gasteiger charge is -2.19. The highest BCUT2D eigenvalue weighted by Gasteiger charge is 2.22. The van der Waals surface area contributed by atoms with Gasteiger partial charge in [-0.05, 0) is 49.9 Å². The summed E-state index contributed by atoms with van der Waals surface area (Å²) in [6.45, 7) is 15.8. The van der Waals surface area contributed by atoms with Crippen LogP contribution in [0, 0.1) is 34.3 Å². The standard InChI is InChI=1S/C25H22N4/c1-16-11-9-10-14-21(16)25-28-27-24(20-12-7-6-8-13-20)29(25)23-18(3)15-17(2)22(26-5)19(23)4/h6-15H,1-4H3. The van der Waals surface area contributed by atoms with Crippen LogP contribution in [-0.4, -0.2) is 14.8 Å². The number of rotatable bonds is 3. The fraction of sp³-hybridized carbons (Fsp3) is 0.160. The molecule has 1 heterocycles. The molecule has 0 unspecified atom stereocenters. The van der Waals surface area contributed by atoms with Gasteiger partial charge in [0.1, 0.15) is 0 Å². The van der Waals surface area contributed by atoms with E-state index >= 15 is 0 Å². The Kier molecular flexibility index (Phi) is 4.74. The van der Waals surface area contributed by atoms with Gasteiger partial charge in [-0.1, -0.05) is 60.7 Å². The molecule has 142 valence electrons. The first-order valence-electron chi connectivity index (χ1n) is 9.58. The van der Waals surface area contributed by atoms with Crippen molar-refractivity contribution in [3.63, 3.8) is 0 Å². The Hall–Kier alpha value is -3.71. The third kappa shape index (κ3) is 3.11. The summed E-state index contributed by atoms with van der Waals surface area (Å²) in [7, 11) is 0. The van der Waals surface area contributed by atoms with Gasteiger partial charge in [-0.2, -0.15) is 0 Å². The van der Waals surface area contributed by atoms with Crippen molar-refractivity contribution in [3.8, 4) is 28.5 Å². The van der Waals surface area contributed by atoms with Crippen LogP contribution in [0.2, 0.25) is 0 Å². The zero-order valence-electron chi connectivity index (χ0n) is 17.1. The van der Waals surface area contributed by atoms with Gasteiger partial charge in [-0.15, -0.1) is 10.2 Å². The Labute approximate surface area is 171 Å². The van der Waals surface area contributed by atoms with E-state index in [1.807, 2.05) is 56.3 Å². The molecule has 1 aromatic heterocycles. The summed E-state index contributed by atoms with van der Waals surface area (Å²) < 4.78 is 2.11. The zero-order chi connectivity index (χ0) is 20.5. The quantitative estimate of drug-likeness (QED) is 0.387. The summed E-state index contributed by atoms with van der Waals surface area (Å²) in [6.07, 6.45) is 0. The van der Waals surface area contributed by atoms with Gasteiger partial charge in [-0.3, -0.25) is 4.57 Å². The number of aromatic nitrogens is 3. The largest absolute Gasteiger partial charge is 0.276 e. The number of nitrogens with zero attached hydrogens (tertiary/aromatic N) is 4. The second-order valence-corrected chi connectivity index (χ2v) is 7.31. The maximum atomic E-state index is 7.67. The first-order valence-corrected chi connectivity index (χ1v) is 9.58. The molecule has 4 aromatic rings. The molecule has 4 rings (SSSR count). The molecule has 0 saturated heterocycles. The molecule has 0 fully saturated rings.